The van der Waals surface area contributed by atoms with Crippen molar-refractivity contribution >= 4 is 17.7 Å². The van der Waals surface area contributed by atoms with Crippen LogP contribution in [0.3, 0.4) is 0 Å². The first kappa shape index (κ1) is 10.8. The number of aromatic amines is 1. The van der Waals surface area contributed by atoms with Gasteiger partial charge in [0.25, 0.3) is 0 Å². The minimum Gasteiger partial charge on any atom is -0.477 e. The smallest absolute Gasteiger partial charge is 0.352 e. The fourth-order valence-electron chi connectivity index (χ4n) is 1.30. The Morgan fingerprint density at radius 3 is 2.50 bits per heavy atom. The molecular weight excluding hydrogens is 222 g/mol. The molecule has 0 aliphatic rings. The Bertz CT molecular complexity index is 502. The number of aromatic nitrogens is 1. The number of carboxylic acid groups (broad SMARTS) is 1. The second kappa shape index (κ2) is 4.45. The molecule has 3 nitrogen and oxygen atoms in total. The number of H-pyrrole nitrogens is 1. The molecule has 0 amide bonds. The summed E-state index contributed by atoms with van der Waals surface area (Å²) in [5, 5.41) is 8.76. The van der Waals surface area contributed by atoms with Crippen molar-refractivity contribution in [3.63, 3.8) is 0 Å². The van der Waals surface area contributed by atoms with Crippen molar-refractivity contribution in [2.24, 2.45) is 0 Å². The van der Waals surface area contributed by atoms with E-state index in [0.29, 0.717) is 0 Å². The standard InChI is InChI=1S/C12H11NO2S/c1-8-2-4-9(5-3-8)16-10-6-11(12(14)15)13-7-10/h2-7,13H,1H3,(H,14,15). The highest BCUT2D eigenvalue weighted by Gasteiger charge is 2.06. The largest absolute Gasteiger partial charge is 0.477 e. The monoisotopic (exact) mass is 233 g/mol. The van der Waals surface area contributed by atoms with Gasteiger partial charge in [-0.05, 0) is 25.1 Å². The van der Waals surface area contributed by atoms with Crippen molar-refractivity contribution in [1.29, 1.82) is 0 Å². The van der Waals surface area contributed by atoms with Crippen LogP contribution in [-0.4, -0.2) is 16.1 Å². The lowest BCUT2D eigenvalue weighted by atomic mass is 10.2. The van der Waals surface area contributed by atoms with Gasteiger partial charge in [0.15, 0.2) is 0 Å². The summed E-state index contributed by atoms with van der Waals surface area (Å²) in [5.41, 5.74) is 1.43. The quantitative estimate of drug-likeness (QED) is 0.856. The lowest BCUT2D eigenvalue weighted by molar-refractivity contribution is 0.0691. The summed E-state index contributed by atoms with van der Waals surface area (Å²) in [5.74, 6) is -0.934. The van der Waals surface area contributed by atoms with Crippen molar-refractivity contribution in [1.82, 2.24) is 4.98 Å². The van der Waals surface area contributed by atoms with E-state index in [-0.39, 0.29) is 5.69 Å². The molecule has 2 N–H and O–H groups in total. The maximum atomic E-state index is 10.7. The van der Waals surface area contributed by atoms with Crippen molar-refractivity contribution in [3.8, 4) is 0 Å². The number of aryl methyl sites for hydroxylation is 1. The third kappa shape index (κ3) is 2.46. The molecule has 16 heavy (non-hydrogen) atoms. The van der Waals surface area contributed by atoms with E-state index in [0.717, 1.165) is 9.79 Å². The van der Waals surface area contributed by atoms with Gasteiger partial charge in [0.05, 0.1) is 0 Å². The molecule has 0 aliphatic carbocycles. The molecule has 0 atom stereocenters. The molecule has 0 unspecified atom stereocenters. The van der Waals surface area contributed by atoms with Gasteiger partial charge in [0, 0.05) is 16.0 Å². The Kier molecular flexibility index (Phi) is 3.01. The molecule has 0 radical (unpaired) electrons. The molecule has 82 valence electrons. The van der Waals surface area contributed by atoms with Crippen LogP contribution in [0.4, 0.5) is 0 Å². The SMILES string of the molecule is Cc1ccc(Sc2c[nH]c(C(=O)O)c2)cc1. The van der Waals surface area contributed by atoms with Gasteiger partial charge in [-0.1, -0.05) is 29.5 Å². The third-order valence-electron chi connectivity index (χ3n) is 2.14. The molecule has 4 heteroatoms. The Labute approximate surface area is 97.5 Å². The highest BCUT2D eigenvalue weighted by molar-refractivity contribution is 7.99. The van der Waals surface area contributed by atoms with E-state index >= 15 is 0 Å². The van der Waals surface area contributed by atoms with Crippen LogP contribution in [0.25, 0.3) is 0 Å². The molecule has 1 aromatic heterocycles. The van der Waals surface area contributed by atoms with Crippen LogP contribution >= 0.6 is 11.8 Å². The van der Waals surface area contributed by atoms with Gasteiger partial charge >= 0.3 is 5.97 Å². The predicted octanol–water partition coefficient (Wildman–Crippen LogP) is 3.17. The molecule has 2 rings (SSSR count). The van der Waals surface area contributed by atoms with Crippen LogP contribution < -0.4 is 0 Å². The van der Waals surface area contributed by atoms with Crippen LogP contribution in [0.5, 0.6) is 0 Å². The molecule has 0 fully saturated rings. The highest BCUT2D eigenvalue weighted by atomic mass is 32.2. The summed E-state index contributed by atoms with van der Waals surface area (Å²) < 4.78 is 0. The van der Waals surface area contributed by atoms with Crippen molar-refractivity contribution in [2.45, 2.75) is 16.7 Å². The second-order valence-corrected chi connectivity index (χ2v) is 4.62. The Balaban J connectivity index is 2.14. The van der Waals surface area contributed by atoms with Crippen molar-refractivity contribution in [2.75, 3.05) is 0 Å². The minimum atomic E-state index is -0.934. The molecule has 1 aromatic carbocycles. The zero-order valence-electron chi connectivity index (χ0n) is 8.73. The summed E-state index contributed by atoms with van der Waals surface area (Å²) >= 11 is 1.54. The molecule has 0 saturated carbocycles. The summed E-state index contributed by atoms with van der Waals surface area (Å²) in [6.45, 7) is 2.03. The minimum absolute atomic E-state index is 0.217. The average molecular weight is 233 g/mol. The lowest BCUT2D eigenvalue weighted by Crippen LogP contribution is -1.94. The number of hydrogen-bond donors (Lipinski definition) is 2. The van der Waals surface area contributed by atoms with Crippen LogP contribution in [0.15, 0.2) is 46.3 Å². The number of benzene rings is 1. The van der Waals surface area contributed by atoms with Crippen LogP contribution in [-0.2, 0) is 0 Å². The van der Waals surface area contributed by atoms with E-state index in [2.05, 4.69) is 4.98 Å². The second-order valence-electron chi connectivity index (χ2n) is 3.47. The zero-order chi connectivity index (χ0) is 11.5. The van der Waals surface area contributed by atoms with Gasteiger partial charge in [-0.15, -0.1) is 0 Å². The average Bonchev–Trinajstić information content (AvgIpc) is 2.70. The number of hydrogen-bond acceptors (Lipinski definition) is 2. The molecule has 2 aromatic rings. The Morgan fingerprint density at radius 2 is 1.94 bits per heavy atom. The normalized spacial score (nSPS) is 10.3. The first-order chi connectivity index (χ1) is 7.65. The predicted molar refractivity (Wildman–Crippen MR) is 63.1 cm³/mol. The number of rotatable bonds is 3. The van der Waals surface area contributed by atoms with Gasteiger partial charge < -0.3 is 10.1 Å². The van der Waals surface area contributed by atoms with Gasteiger partial charge in [-0.2, -0.15) is 0 Å². The maximum absolute atomic E-state index is 10.7. The van der Waals surface area contributed by atoms with E-state index in [1.807, 2.05) is 31.2 Å². The van der Waals surface area contributed by atoms with Gasteiger partial charge in [-0.3, -0.25) is 0 Å². The summed E-state index contributed by atoms with van der Waals surface area (Å²) in [6, 6.07) is 9.74. The fraction of sp³-hybridized carbons (Fsp3) is 0.0833. The van der Waals surface area contributed by atoms with E-state index in [1.54, 1.807) is 12.3 Å². The number of aromatic carboxylic acids is 1. The van der Waals surface area contributed by atoms with Crippen LogP contribution in [0, 0.1) is 6.92 Å². The van der Waals surface area contributed by atoms with Crippen LogP contribution in [0.1, 0.15) is 16.1 Å². The van der Waals surface area contributed by atoms with Gasteiger partial charge in [0.1, 0.15) is 5.69 Å². The molecule has 0 spiro atoms. The molecular formula is C12H11NO2S. The van der Waals surface area contributed by atoms with Gasteiger partial charge in [-0.25, -0.2) is 4.79 Å². The topological polar surface area (TPSA) is 53.1 Å². The highest BCUT2D eigenvalue weighted by Crippen LogP contribution is 2.28. The summed E-state index contributed by atoms with van der Waals surface area (Å²) in [7, 11) is 0. The molecule has 0 saturated heterocycles. The molecule has 0 bridgehead atoms. The maximum Gasteiger partial charge on any atom is 0.352 e. The zero-order valence-corrected chi connectivity index (χ0v) is 9.54. The summed E-state index contributed by atoms with van der Waals surface area (Å²) in [4.78, 5) is 15.4. The van der Waals surface area contributed by atoms with E-state index in [1.165, 1.54) is 17.3 Å². The fourth-order valence-corrected chi connectivity index (χ4v) is 2.14. The van der Waals surface area contributed by atoms with Crippen LogP contribution in [0.2, 0.25) is 0 Å². The van der Waals surface area contributed by atoms with Crippen molar-refractivity contribution < 1.29 is 9.90 Å². The lowest BCUT2D eigenvalue weighted by Gasteiger charge is -1.98. The van der Waals surface area contributed by atoms with E-state index in [4.69, 9.17) is 5.11 Å². The Hall–Kier alpha value is -1.68. The number of carbonyl (C=O) groups is 1. The van der Waals surface area contributed by atoms with Gasteiger partial charge in [0.2, 0.25) is 0 Å². The molecule has 0 aliphatic heterocycles. The number of carboxylic acids is 1. The first-order valence-corrected chi connectivity index (χ1v) is 5.63. The van der Waals surface area contributed by atoms with E-state index in [9.17, 15) is 4.79 Å². The molecule has 1 heterocycles. The van der Waals surface area contributed by atoms with Crippen molar-refractivity contribution in [3.05, 3.63) is 47.8 Å². The Morgan fingerprint density at radius 1 is 1.25 bits per heavy atom. The third-order valence-corrected chi connectivity index (χ3v) is 3.12. The summed E-state index contributed by atoms with van der Waals surface area (Å²) in [6.07, 6.45) is 1.70. The van der Waals surface area contributed by atoms with E-state index < -0.39 is 5.97 Å². The first-order valence-electron chi connectivity index (χ1n) is 4.81. The number of nitrogens with one attached hydrogen (secondary N) is 1.